The Balaban J connectivity index is 1.58. The molecular formula is C18H18N6O8S3. The number of aliphatic carboxylic acids is 1. The summed E-state index contributed by atoms with van der Waals surface area (Å²) in [5.41, 5.74) is -0.0593. The van der Waals surface area contributed by atoms with Crippen molar-refractivity contribution >= 4 is 51.4 Å². The minimum absolute atomic E-state index is 0.0120. The van der Waals surface area contributed by atoms with Crippen molar-refractivity contribution in [3.8, 4) is 0 Å². The number of fused-ring (bicyclic) bond motifs is 1. The van der Waals surface area contributed by atoms with Gasteiger partial charge in [-0.1, -0.05) is 42.1 Å². The second-order valence-corrected chi connectivity index (χ2v) is 11.2. The number of aliphatic hydroxyl groups is 1. The van der Waals surface area contributed by atoms with Crippen LogP contribution >= 0.6 is 23.5 Å². The Hall–Kier alpha value is -2.99. The average molecular weight is 543 g/mol. The fourth-order valence-corrected chi connectivity index (χ4v) is 7.31. The number of β-lactam (4-membered cyclic amide) rings is 1. The van der Waals surface area contributed by atoms with E-state index in [2.05, 4.69) is 25.9 Å². The maximum atomic E-state index is 12.9. The van der Waals surface area contributed by atoms with Crippen LogP contribution in [-0.2, 0) is 24.5 Å². The highest BCUT2D eigenvalue weighted by molar-refractivity contribution is 8.01. The lowest BCUT2D eigenvalue weighted by Crippen LogP contribution is -2.71. The molecule has 0 bridgehead atoms. The molecule has 0 saturated carbocycles. The van der Waals surface area contributed by atoms with Crippen LogP contribution in [0.3, 0.4) is 0 Å². The summed E-state index contributed by atoms with van der Waals surface area (Å²) in [6.45, 7) is 0. The van der Waals surface area contributed by atoms with Crippen LogP contribution in [0, 0.1) is 0 Å². The number of thioether (sulfide) groups is 2. The maximum absolute atomic E-state index is 12.9. The molecule has 1 aromatic carbocycles. The highest BCUT2D eigenvalue weighted by Gasteiger charge is 2.55. The fourth-order valence-electron chi connectivity index (χ4n) is 3.64. The molecule has 3 unspecified atom stereocenters. The van der Waals surface area contributed by atoms with E-state index in [1.807, 2.05) is 0 Å². The Labute approximate surface area is 206 Å². The molecule has 17 heteroatoms. The molecule has 1 fully saturated rings. The quantitative estimate of drug-likeness (QED) is 0.146. The number of carbonyl (C=O) groups is 3. The van der Waals surface area contributed by atoms with Gasteiger partial charge in [0.1, 0.15) is 17.1 Å². The zero-order chi connectivity index (χ0) is 25.3. The van der Waals surface area contributed by atoms with Crippen molar-refractivity contribution in [3.63, 3.8) is 0 Å². The van der Waals surface area contributed by atoms with E-state index in [4.69, 9.17) is 0 Å². The van der Waals surface area contributed by atoms with Crippen LogP contribution in [0.5, 0.6) is 0 Å². The van der Waals surface area contributed by atoms with Crippen molar-refractivity contribution in [2.24, 2.45) is 0 Å². The zero-order valence-corrected chi connectivity index (χ0v) is 20.0. The third-order valence-corrected chi connectivity index (χ3v) is 8.57. The number of nitrogens with one attached hydrogen (secondary N) is 2. The van der Waals surface area contributed by atoms with E-state index in [0.29, 0.717) is 5.56 Å². The lowest BCUT2D eigenvalue weighted by Gasteiger charge is -2.50. The first-order chi connectivity index (χ1) is 16.6. The van der Waals surface area contributed by atoms with Crippen LogP contribution in [0.2, 0.25) is 0 Å². The number of aliphatic hydroxyl groups excluding tert-OH is 1. The Bertz CT molecular complexity index is 1270. The molecule has 2 amide bonds. The molecule has 4 rings (SSSR count). The van der Waals surface area contributed by atoms with Crippen LogP contribution in [0.4, 0.5) is 0 Å². The lowest BCUT2D eigenvalue weighted by molar-refractivity contribution is -0.151. The van der Waals surface area contributed by atoms with Crippen molar-refractivity contribution in [2.45, 2.75) is 27.9 Å². The zero-order valence-electron chi connectivity index (χ0n) is 17.5. The molecule has 2 aliphatic heterocycles. The SMILES string of the molecule is O=C(O)C1=C(C(CS(=O)(=O)O)Sc2nn[nH]n2)CS[C@H]2C(NC(=O)C(O)c3ccccc3)C(=O)N12. The molecule has 1 aromatic heterocycles. The summed E-state index contributed by atoms with van der Waals surface area (Å²) in [6, 6.07) is 6.99. The molecule has 2 aliphatic rings. The maximum Gasteiger partial charge on any atom is 0.352 e. The minimum atomic E-state index is -4.55. The van der Waals surface area contributed by atoms with Gasteiger partial charge >= 0.3 is 5.97 Å². The topological polar surface area (TPSA) is 216 Å². The number of aromatic amines is 1. The number of amides is 2. The van der Waals surface area contributed by atoms with E-state index < -0.39 is 62.1 Å². The first kappa shape index (κ1) is 25.1. The molecule has 186 valence electrons. The van der Waals surface area contributed by atoms with E-state index in [1.165, 1.54) is 0 Å². The number of hydrogen-bond acceptors (Lipinski definition) is 11. The number of aromatic nitrogens is 4. The monoisotopic (exact) mass is 542 g/mol. The van der Waals surface area contributed by atoms with Gasteiger partial charge in [-0.25, -0.2) is 4.79 Å². The molecule has 1 saturated heterocycles. The largest absolute Gasteiger partial charge is 0.477 e. The average Bonchev–Trinajstić information content (AvgIpc) is 3.33. The third kappa shape index (κ3) is 5.32. The van der Waals surface area contributed by atoms with Crippen molar-refractivity contribution in [3.05, 3.63) is 47.2 Å². The van der Waals surface area contributed by atoms with Gasteiger partial charge in [-0.15, -0.1) is 22.0 Å². The Morgan fingerprint density at radius 3 is 2.63 bits per heavy atom. The number of benzene rings is 1. The molecule has 14 nitrogen and oxygen atoms in total. The molecule has 35 heavy (non-hydrogen) atoms. The minimum Gasteiger partial charge on any atom is -0.477 e. The predicted molar refractivity (Wildman–Crippen MR) is 121 cm³/mol. The van der Waals surface area contributed by atoms with Gasteiger partial charge in [0.05, 0.1) is 11.0 Å². The van der Waals surface area contributed by atoms with Crippen molar-refractivity contribution in [2.75, 3.05) is 11.5 Å². The van der Waals surface area contributed by atoms with Gasteiger partial charge < -0.3 is 15.5 Å². The van der Waals surface area contributed by atoms with Crippen molar-refractivity contribution in [1.82, 2.24) is 30.8 Å². The van der Waals surface area contributed by atoms with Gasteiger partial charge in [0.15, 0.2) is 6.10 Å². The number of carboxylic acid groups (broad SMARTS) is 1. The third-order valence-electron chi connectivity index (χ3n) is 5.19. The van der Waals surface area contributed by atoms with Gasteiger partial charge in [0.2, 0.25) is 5.16 Å². The first-order valence-electron chi connectivity index (χ1n) is 9.86. The highest BCUT2D eigenvalue weighted by Crippen LogP contribution is 2.43. The summed E-state index contributed by atoms with van der Waals surface area (Å²) < 4.78 is 32.6. The molecule has 5 N–H and O–H groups in total. The van der Waals surface area contributed by atoms with Crippen molar-refractivity contribution < 1.29 is 37.6 Å². The van der Waals surface area contributed by atoms with E-state index in [0.717, 1.165) is 28.4 Å². The summed E-state index contributed by atoms with van der Waals surface area (Å²) in [5, 5.41) is 33.7. The molecule has 4 atom stereocenters. The number of nitrogens with zero attached hydrogens (tertiary/aromatic N) is 4. The fraction of sp³-hybridized carbons (Fsp3) is 0.333. The molecule has 2 aromatic rings. The molecule has 0 aliphatic carbocycles. The summed E-state index contributed by atoms with van der Waals surface area (Å²) in [6.07, 6.45) is -1.53. The first-order valence-corrected chi connectivity index (χ1v) is 13.4. The molecular weight excluding hydrogens is 524 g/mol. The Morgan fingerprint density at radius 2 is 2.03 bits per heavy atom. The summed E-state index contributed by atoms with van der Waals surface area (Å²) >= 11 is 1.87. The van der Waals surface area contributed by atoms with Gasteiger partial charge in [-0.2, -0.15) is 13.6 Å². The van der Waals surface area contributed by atoms with Gasteiger partial charge in [0.25, 0.3) is 21.9 Å². The van der Waals surface area contributed by atoms with Crippen LogP contribution in [0.25, 0.3) is 0 Å². The van der Waals surface area contributed by atoms with Crippen LogP contribution in [0.1, 0.15) is 11.7 Å². The lowest BCUT2D eigenvalue weighted by atomic mass is 10.0. The summed E-state index contributed by atoms with van der Waals surface area (Å²) in [4.78, 5) is 38.5. The van der Waals surface area contributed by atoms with Gasteiger partial charge in [-0.05, 0) is 16.3 Å². The van der Waals surface area contributed by atoms with Gasteiger partial charge in [-0.3, -0.25) is 19.0 Å². The molecule has 3 heterocycles. The predicted octanol–water partition coefficient (Wildman–Crippen LogP) is -0.980. The Morgan fingerprint density at radius 1 is 1.31 bits per heavy atom. The summed E-state index contributed by atoms with van der Waals surface area (Å²) in [5.74, 6) is -3.91. The number of carbonyl (C=O) groups excluding carboxylic acids is 2. The van der Waals surface area contributed by atoms with E-state index in [9.17, 15) is 37.6 Å². The number of carboxylic acids is 1. The van der Waals surface area contributed by atoms with Crippen LogP contribution in [-0.4, -0.2) is 94.7 Å². The smallest absolute Gasteiger partial charge is 0.352 e. The second-order valence-electron chi connectivity index (χ2n) is 7.44. The Kier molecular flexibility index (Phi) is 7.13. The summed E-state index contributed by atoms with van der Waals surface area (Å²) in [7, 11) is -4.55. The second kappa shape index (κ2) is 9.94. The number of tetrazole rings is 1. The molecule has 0 spiro atoms. The molecule has 0 radical (unpaired) electrons. The highest BCUT2D eigenvalue weighted by atomic mass is 32.2. The number of rotatable bonds is 9. The van der Waals surface area contributed by atoms with Crippen molar-refractivity contribution in [1.29, 1.82) is 0 Å². The van der Waals surface area contributed by atoms with E-state index in [-0.39, 0.29) is 16.5 Å². The standard InChI is InChI=1S/C18H18N6O8S3/c25-13(8-4-2-1-3-5-8)14(26)19-11-15(27)24-12(17(28)29)9(6-33-16(11)24)10(7-35(30,31)32)34-18-20-22-23-21-18/h1-5,10-11,13,16,25H,6-7H2,(H,19,26)(H,28,29)(H,30,31,32)(H,20,21,22,23)/t10?,11?,13?,16-/m0/s1. The number of hydrogen-bond donors (Lipinski definition) is 5. The van der Waals surface area contributed by atoms with E-state index >= 15 is 0 Å². The van der Waals surface area contributed by atoms with E-state index in [1.54, 1.807) is 30.3 Å². The normalized spacial score (nSPS) is 21.7. The number of H-pyrrole nitrogens is 1. The van der Waals surface area contributed by atoms with Crippen LogP contribution in [0.15, 0.2) is 46.8 Å². The van der Waals surface area contributed by atoms with Crippen LogP contribution < -0.4 is 5.32 Å². The van der Waals surface area contributed by atoms with Gasteiger partial charge in [0, 0.05) is 5.75 Å².